The maximum absolute atomic E-state index is 11.5. The molecule has 0 aromatic rings. The highest BCUT2D eigenvalue weighted by atomic mass is 16.2. The van der Waals surface area contributed by atoms with E-state index < -0.39 is 0 Å². The van der Waals surface area contributed by atoms with Crippen LogP contribution in [0.15, 0.2) is 12.2 Å². The molecular formula is C11H20N2O2. The molecule has 86 valence electrons. The summed E-state index contributed by atoms with van der Waals surface area (Å²) in [5, 5.41) is 0. The molecule has 0 fully saturated rings. The number of likely N-dealkylation sites (N-methyl/N-ethyl adjacent to an activating group) is 2. The van der Waals surface area contributed by atoms with Gasteiger partial charge in [0.05, 0.1) is 6.04 Å². The molecule has 0 aromatic heterocycles. The van der Waals surface area contributed by atoms with Crippen LogP contribution in [0, 0.1) is 0 Å². The molecule has 4 heteroatoms. The topological polar surface area (TPSA) is 40.6 Å². The number of carbonyl (C=O) groups excluding carboxylic acids is 2. The Morgan fingerprint density at radius 3 is 2.20 bits per heavy atom. The van der Waals surface area contributed by atoms with E-state index in [1.54, 1.807) is 20.0 Å². The average Bonchev–Trinajstić information content (AvgIpc) is 2.14. The summed E-state index contributed by atoms with van der Waals surface area (Å²) in [6, 6.07) is -0.360. The molecule has 15 heavy (non-hydrogen) atoms. The van der Waals surface area contributed by atoms with Crippen LogP contribution in [0.5, 0.6) is 0 Å². The lowest BCUT2D eigenvalue weighted by atomic mass is 10.2. The van der Waals surface area contributed by atoms with Crippen molar-refractivity contribution in [2.75, 3.05) is 27.7 Å². The Kier molecular flexibility index (Phi) is 5.86. The maximum Gasteiger partial charge on any atom is 0.246 e. The molecule has 0 N–H and O–H groups in total. The summed E-state index contributed by atoms with van der Waals surface area (Å²) in [6.45, 7) is 3.92. The van der Waals surface area contributed by atoms with Gasteiger partial charge in [-0.3, -0.25) is 9.59 Å². The quantitative estimate of drug-likeness (QED) is 0.625. The third-order valence-corrected chi connectivity index (χ3v) is 2.25. The van der Waals surface area contributed by atoms with Crippen LogP contribution in [0.3, 0.4) is 0 Å². The molecule has 0 spiro atoms. The standard InChI is InChI=1S/C11H20N2O2/c1-9(10(2)14)13(5)11(15)7-6-8-12(3)4/h6-7,9H,8H2,1-5H3/b7-6+/t9-/m0/s1. The number of ketones is 1. The van der Waals surface area contributed by atoms with Gasteiger partial charge >= 0.3 is 0 Å². The summed E-state index contributed by atoms with van der Waals surface area (Å²) < 4.78 is 0. The van der Waals surface area contributed by atoms with E-state index in [2.05, 4.69) is 0 Å². The van der Waals surface area contributed by atoms with E-state index >= 15 is 0 Å². The van der Waals surface area contributed by atoms with Crippen LogP contribution >= 0.6 is 0 Å². The zero-order chi connectivity index (χ0) is 12.0. The monoisotopic (exact) mass is 212 g/mol. The molecule has 0 radical (unpaired) electrons. The Bertz CT molecular complexity index is 259. The zero-order valence-electron chi connectivity index (χ0n) is 10.2. The number of nitrogens with zero attached hydrogens (tertiary/aromatic N) is 2. The Morgan fingerprint density at radius 1 is 1.27 bits per heavy atom. The molecule has 0 rings (SSSR count). The second-order valence-corrected chi connectivity index (χ2v) is 3.90. The normalized spacial score (nSPS) is 13.2. The average molecular weight is 212 g/mol. The van der Waals surface area contributed by atoms with Crippen molar-refractivity contribution in [3.8, 4) is 0 Å². The third-order valence-electron chi connectivity index (χ3n) is 2.25. The van der Waals surface area contributed by atoms with Crippen LogP contribution in [-0.4, -0.2) is 55.2 Å². The Morgan fingerprint density at radius 2 is 1.80 bits per heavy atom. The first-order valence-electron chi connectivity index (χ1n) is 4.94. The second kappa shape index (κ2) is 6.35. The molecule has 1 amide bonds. The summed E-state index contributed by atoms with van der Waals surface area (Å²) in [7, 11) is 5.49. The molecule has 0 unspecified atom stereocenters. The molecule has 0 aromatic carbocycles. The molecule has 0 bridgehead atoms. The van der Waals surface area contributed by atoms with Crippen molar-refractivity contribution in [1.82, 2.24) is 9.80 Å². The molecule has 0 aliphatic rings. The van der Waals surface area contributed by atoms with Crippen molar-refractivity contribution in [3.63, 3.8) is 0 Å². The van der Waals surface area contributed by atoms with Crippen molar-refractivity contribution in [1.29, 1.82) is 0 Å². The first kappa shape index (κ1) is 13.8. The van der Waals surface area contributed by atoms with E-state index in [1.165, 1.54) is 17.9 Å². The number of amides is 1. The van der Waals surface area contributed by atoms with Gasteiger partial charge in [-0.1, -0.05) is 6.08 Å². The van der Waals surface area contributed by atoms with Gasteiger partial charge in [-0.2, -0.15) is 0 Å². The van der Waals surface area contributed by atoms with Gasteiger partial charge in [0, 0.05) is 19.7 Å². The minimum Gasteiger partial charge on any atom is -0.332 e. The van der Waals surface area contributed by atoms with E-state index in [1.807, 2.05) is 19.0 Å². The smallest absolute Gasteiger partial charge is 0.246 e. The number of carbonyl (C=O) groups is 2. The van der Waals surface area contributed by atoms with Gasteiger partial charge in [0.1, 0.15) is 0 Å². The van der Waals surface area contributed by atoms with Crippen LogP contribution in [0.1, 0.15) is 13.8 Å². The van der Waals surface area contributed by atoms with Crippen LogP contribution in [0.25, 0.3) is 0 Å². The van der Waals surface area contributed by atoms with Crippen molar-refractivity contribution in [2.45, 2.75) is 19.9 Å². The molecule has 1 atom stereocenters. The summed E-state index contributed by atoms with van der Waals surface area (Å²) in [6.07, 6.45) is 3.28. The number of Topliss-reactive ketones (excluding diaryl/α,β-unsaturated/α-hetero) is 1. The molecule has 0 saturated carbocycles. The summed E-state index contributed by atoms with van der Waals surface area (Å²) in [5.74, 6) is -0.147. The molecule has 0 aliphatic heterocycles. The van der Waals surface area contributed by atoms with Gasteiger partial charge in [-0.15, -0.1) is 0 Å². The van der Waals surface area contributed by atoms with Crippen molar-refractivity contribution in [2.24, 2.45) is 0 Å². The molecular weight excluding hydrogens is 192 g/mol. The van der Waals surface area contributed by atoms with Crippen molar-refractivity contribution in [3.05, 3.63) is 12.2 Å². The number of rotatable bonds is 5. The van der Waals surface area contributed by atoms with Gasteiger partial charge < -0.3 is 9.80 Å². The Hall–Kier alpha value is -1.16. The Balaban J connectivity index is 4.21. The number of hydrogen-bond donors (Lipinski definition) is 0. The van der Waals surface area contributed by atoms with E-state index in [0.717, 1.165) is 0 Å². The Labute approximate surface area is 91.5 Å². The second-order valence-electron chi connectivity index (χ2n) is 3.90. The van der Waals surface area contributed by atoms with Gasteiger partial charge in [0.2, 0.25) is 5.91 Å². The molecule has 0 aliphatic carbocycles. The first-order valence-corrected chi connectivity index (χ1v) is 4.94. The fraction of sp³-hybridized carbons (Fsp3) is 0.636. The zero-order valence-corrected chi connectivity index (χ0v) is 10.2. The molecule has 4 nitrogen and oxygen atoms in total. The van der Waals surface area contributed by atoms with Gasteiger partial charge in [0.25, 0.3) is 0 Å². The minimum absolute atomic E-state index is 0.00754. The van der Waals surface area contributed by atoms with E-state index in [0.29, 0.717) is 6.54 Å². The fourth-order valence-corrected chi connectivity index (χ4v) is 0.945. The van der Waals surface area contributed by atoms with Gasteiger partial charge in [0.15, 0.2) is 5.78 Å². The van der Waals surface area contributed by atoms with E-state index in [4.69, 9.17) is 0 Å². The fourth-order valence-electron chi connectivity index (χ4n) is 0.945. The first-order chi connectivity index (χ1) is 6.86. The predicted molar refractivity (Wildman–Crippen MR) is 60.6 cm³/mol. The van der Waals surface area contributed by atoms with Crippen LogP contribution < -0.4 is 0 Å². The van der Waals surface area contributed by atoms with Crippen LogP contribution in [0.4, 0.5) is 0 Å². The predicted octanol–water partition coefficient (Wildman–Crippen LogP) is 0.540. The summed E-state index contributed by atoms with van der Waals surface area (Å²) in [5.41, 5.74) is 0. The van der Waals surface area contributed by atoms with Gasteiger partial charge in [-0.05, 0) is 27.9 Å². The van der Waals surface area contributed by atoms with Crippen LogP contribution in [0.2, 0.25) is 0 Å². The maximum atomic E-state index is 11.5. The van der Waals surface area contributed by atoms with Crippen molar-refractivity contribution < 1.29 is 9.59 Å². The lowest BCUT2D eigenvalue weighted by Gasteiger charge is -2.21. The lowest BCUT2D eigenvalue weighted by molar-refractivity contribution is -0.133. The highest BCUT2D eigenvalue weighted by Crippen LogP contribution is 1.98. The van der Waals surface area contributed by atoms with E-state index in [-0.39, 0.29) is 17.7 Å². The third kappa shape index (κ3) is 5.32. The van der Waals surface area contributed by atoms with Crippen LogP contribution in [-0.2, 0) is 9.59 Å². The SMILES string of the molecule is CC(=O)[C@H](C)N(C)C(=O)/C=C/CN(C)C. The van der Waals surface area contributed by atoms with E-state index in [9.17, 15) is 9.59 Å². The molecule has 0 heterocycles. The summed E-state index contributed by atoms with van der Waals surface area (Å²) >= 11 is 0. The lowest BCUT2D eigenvalue weighted by Crippen LogP contribution is -2.38. The van der Waals surface area contributed by atoms with Gasteiger partial charge in [-0.25, -0.2) is 0 Å². The minimum atomic E-state index is -0.360. The molecule has 0 saturated heterocycles. The highest BCUT2D eigenvalue weighted by molar-refractivity contribution is 5.92. The van der Waals surface area contributed by atoms with Crippen molar-refractivity contribution >= 4 is 11.7 Å². The largest absolute Gasteiger partial charge is 0.332 e. The highest BCUT2D eigenvalue weighted by Gasteiger charge is 2.16. The number of hydrogen-bond acceptors (Lipinski definition) is 3. The summed E-state index contributed by atoms with van der Waals surface area (Å²) in [4.78, 5) is 26.0.